The number of imidazole rings is 1. The minimum atomic E-state index is 0.200. The van der Waals surface area contributed by atoms with E-state index in [-0.39, 0.29) is 6.04 Å². The van der Waals surface area contributed by atoms with Crippen LogP contribution >= 0.6 is 0 Å². The summed E-state index contributed by atoms with van der Waals surface area (Å²) < 4.78 is 1.83. The number of benzene rings is 2. The van der Waals surface area contributed by atoms with Crippen molar-refractivity contribution in [3.63, 3.8) is 0 Å². The summed E-state index contributed by atoms with van der Waals surface area (Å²) in [6, 6.07) is 23.3. The molecule has 0 N–H and O–H groups in total. The van der Waals surface area contributed by atoms with Crippen LogP contribution in [0, 0.1) is 18.3 Å². The predicted octanol–water partition coefficient (Wildman–Crippen LogP) is 5.06. The number of nitrogens with zero attached hydrogens (tertiary/aromatic N) is 4. The zero-order valence-corrected chi connectivity index (χ0v) is 16.1. The maximum absolute atomic E-state index is 9.31. The molecule has 5 nitrogen and oxygen atoms in total. The smallest absolute Gasteiger partial charge is 0.144 e. The summed E-state index contributed by atoms with van der Waals surface area (Å²) >= 11 is 0. The quantitative estimate of drug-likeness (QED) is 0.498. The van der Waals surface area contributed by atoms with E-state index in [4.69, 9.17) is 4.84 Å². The van der Waals surface area contributed by atoms with Crippen molar-refractivity contribution in [1.29, 1.82) is 5.26 Å². The molecule has 0 unspecified atom stereocenters. The van der Waals surface area contributed by atoms with Crippen LogP contribution in [0.3, 0.4) is 0 Å². The molecule has 4 aromatic rings. The van der Waals surface area contributed by atoms with Crippen molar-refractivity contribution in [2.24, 2.45) is 0 Å². The average molecular weight is 380 g/mol. The molecule has 0 amide bonds. The standard InChI is InChI=1S/C24H20N4O/c1-17-7-8-19(20-9-10-24-26-15-21(14-25)27(24)16-20)13-23(17)28-22(11-12-29-28)18-5-3-2-4-6-18/h2-10,13,15-16,22H,11-12H2,1H3/t22-/m0/s1. The Morgan fingerprint density at radius 3 is 2.72 bits per heavy atom. The third-order valence-electron chi connectivity index (χ3n) is 5.49. The monoisotopic (exact) mass is 380 g/mol. The van der Waals surface area contributed by atoms with E-state index in [1.165, 1.54) is 5.56 Å². The zero-order chi connectivity index (χ0) is 19.8. The Morgan fingerprint density at radius 1 is 1.07 bits per heavy atom. The van der Waals surface area contributed by atoms with Gasteiger partial charge in [-0.25, -0.2) is 10.0 Å². The molecule has 5 rings (SSSR count). The lowest BCUT2D eigenvalue weighted by atomic mass is 10.0. The number of fused-ring (bicyclic) bond motifs is 1. The normalized spacial score (nSPS) is 16.3. The van der Waals surface area contributed by atoms with Gasteiger partial charge in [-0.1, -0.05) is 42.5 Å². The van der Waals surface area contributed by atoms with Crippen LogP contribution in [0.2, 0.25) is 0 Å². The average Bonchev–Trinajstić information content (AvgIpc) is 3.41. The molecule has 1 aliphatic rings. The zero-order valence-electron chi connectivity index (χ0n) is 16.1. The lowest BCUT2D eigenvalue weighted by Crippen LogP contribution is -2.22. The lowest BCUT2D eigenvalue weighted by molar-refractivity contribution is 0.158. The van der Waals surface area contributed by atoms with Crippen molar-refractivity contribution in [2.45, 2.75) is 19.4 Å². The third-order valence-corrected chi connectivity index (χ3v) is 5.49. The van der Waals surface area contributed by atoms with E-state index < -0.39 is 0 Å². The highest BCUT2D eigenvalue weighted by Crippen LogP contribution is 2.38. The fourth-order valence-electron chi connectivity index (χ4n) is 3.95. The number of hydrogen-bond donors (Lipinski definition) is 0. The van der Waals surface area contributed by atoms with Crippen molar-refractivity contribution >= 4 is 11.3 Å². The molecular formula is C24H20N4O. The van der Waals surface area contributed by atoms with Crippen molar-refractivity contribution in [3.05, 3.63) is 89.9 Å². The SMILES string of the molecule is Cc1ccc(-c2ccc3ncc(C#N)n3c2)cc1N1OCC[C@H]1c1ccccc1. The first-order valence-corrected chi connectivity index (χ1v) is 9.70. The summed E-state index contributed by atoms with van der Waals surface area (Å²) in [4.78, 5) is 10.3. The topological polar surface area (TPSA) is 53.6 Å². The number of anilines is 1. The van der Waals surface area contributed by atoms with Crippen LogP contribution in [0.1, 0.15) is 29.3 Å². The largest absolute Gasteiger partial charge is 0.291 e. The molecule has 0 radical (unpaired) electrons. The first-order valence-electron chi connectivity index (χ1n) is 9.70. The Hall–Kier alpha value is -3.62. The highest BCUT2D eigenvalue weighted by molar-refractivity contribution is 5.71. The molecule has 5 heteroatoms. The minimum absolute atomic E-state index is 0.200. The highest BCUT2D eigenvalue weighted by Gasteiger charge is 2.29. The van der Waals surface area contributed by atoms with E-state index in [1.54, 1.807) is 6.20 Å². The molecule has 1 aliphatic heterocycles. The Balaban J connectivity index is 1.56. The van der Waals surface area contributed by atoms with Gasteiger partial charge in [0.15, 0.2) is 0 Å². The van der Waals surface area contributed by atoms with Crippen molar-refractivity contribution in [3.8, 4) is 17.2 Å². The summed E-state index contributed by atoms with van der Waals surface area (Å²) in [6.07, 6.45) is 4.53. The number of aromatic nitrogens is 2. The van der Waals surface area contributed by atoms with E-state index in [2.05, 4.69) is 60.4 Å². The molecule has 0 saturated carbocycles. The first-order chi connectivity index (χ1) is 14.2. The van der Waals surface area contributed by atoms with E-state index in [0.717, 1.165) is 34.4 Å². The second-order valence-electron chi connectivity index (χ2n) is 7.28. The number of rotatable bonds is 3. The summed E-state index contributed by atoms with van der Waals surface area (Å²) in [7, 11) is 0. The number of pyridine rings is 1. The predicted molar refractivity (Wildman–Crippen MR) is 112 cm³/mol. The summed E-state index contributed by atoms with van der Waals surface area (Å²) in [5, 5.41) is 11.4. The van der Waals surface area contributed by atoms with Crippen LogP contribution in [-0.2, 0) is 4.84 Å². The van der Waals surface area contributed by atoms with Gasteiger partial charge in [0.25, 0.3) is 0 Å². The number of aryl methyl sites for hydroxylation is 1. The molecule has 1 fully saturated rings. The molecule has 1 saturated heterocycles. The second kappa shape index (κ2) is 7.08. The molecule has 29 heavy (non-hydrogen) atoms. The van der Waals surface area contributed by atoms with Gasteiger partial charge in [0.1, 0.15) is 17.4 Å². The Kier molecular flexibility index (Phi) is 4.27. The summed E-state index contributed by atoms with van der Waals surface area (Å²) in [5.74, 6) is 0. The Morgan fingerprint density at radius 2 is 1.90 bits per heavy atom. The summed E-state index contributed by atoms with van der Waals surface area (Å²) in [6.45, 7) is 2.81. The molecule has 0 aliphatic carbocycles. The van der Waals surface area contributed by atoms with Crippen LogP contribution in [-0.4, -0.2) is 16.0 Å². The van der Waals surface area contributed by atoms with Crippen LogP contribution < -0.4 is 5.06 Å². The van der Waals surface area contributed by atoms with Gasteiger partial charge >= 0.3 is 0 Å². The van der Waals surface area contributed by atoms with Crippen molar-refractivity contribution < 1.29 is 4.84 Å². The highest BCUT2D eigenvalue weighted by atomic mass is 16.7. The Labute approximate surface area is 169 Å². The molecule has 1 atom stereocenters. The van der Waals surface area contributed by atoms with E-state index in [0.29, 0.717) is 12.3 Å². The van der Waals surface area contributed by atoms with Gasteiger partial charge in [-0.05, 0) is 47.4 Å². The van der Waals surface area contributed by atoms with Gasteiger partial charge in [-0.2, -0.15) is 5.26 Å². The van der Waals surface area contributed by atoms with Crippen LogP contribution in [0.25, 0.3) is 16.8 Å². The van der Waals surface area contributed by atoms with Crippen LogP contribution in [0.5, 0.6) is 0 Å². The molecule has 2 aromatic carbocycles. The number of hydroxylamine groups is 1. The van der Waals surface area contributed by atoms with Gasteiger partial charge in [0.2, 0.25) is 0 Å². The van der Waals surface area contributed by atoms with Crippen LogP contribution in [0.15, 0.2) is 73.1 Å². The summed E-state index contributed by atoms with van der Waals surface area (Å²) in [5.41, 5.74) is 6.90. The first kappa shape index (κ1) is 17.5. The lowest BCUT2D eigenvalue weighted by Gasteiger charge is -2.27. The number of nitriles is 1. The Bertz CT molecular complexity index is 1220. The molecule has 0 bridgehead atoms. The molecule has 0 spiro atoms. The van der Waals surface area contributed by atoms with Crippen molar-refractivity contribution in [2.75, 3.05) is 11.7 Å². The van der Waals surface area contributed by atoms with Gasteiger partial charge < -0.3 is 0 Å². The maximum atomic E-state index is 9.31. The molecule has 2 aromatic heterocycles. The van der Waals surface area contributed by atoms with Crippen molar-refractivity contribution in [1.82, 2.24) is 9.38 Å². The number of hydrogen-bond acceptors (Lipinski definition) is 4. The van der Waals surface area contributed by atoms with Gasteiger partial charge in [0, 0.05) is 12.6 Å². The molecule has 3 heterocycles. The van der Waals surface area contributed by atoms with E-state index in [9.17, 15) is 5.26 Å². The minimum Gasteiger partial charge on any atom is -0.291 e. The third kappa shape index (κ3) is 3.04. The van der Waals surface area contributed by atoms with E-state index in [1.807, 2.05) is 33.9 Å². The molecular weight excluding hydrogens is 360 g/mol. The maximum Gasteiger partial charge on any atom is 0.144 e. The second-order valence-corrected chi connectivity index (χ2v) is 7.28. The van der Waals surface area contributed by atoms with Gasteiger partial charge in [-0.15, -0.1) is 0 Å². The fraction of sp³-hybridized carbons (Fsp3) is 0.167. The molecule has 142 valence electrons. The fourth-order valence-corrected chi connectivity index (χ4v) is 3.95. The van der Waals surface area contributed by atoms with Gasteiger partial charge in [0.05, 0.1) is 24.5 Å². The van der Waals surface area contributed by atoms with Crippen LogP contribution in [0.4, 0.5) is 5.69 Å². The van der Waals surface area contributed by atoms with Gasteiger partial charge in [-0.3, -0.25) is 9.24 Å². The van der Waals surface area contributed by atoms with E-state index >= 15 is 0 Å².